The average molecular weight is 506 g/mol. The lowest BCUT2D eigenvalue weighted by Crippen LogP contribution is -1.94. The Kier molecular flexibility index (Phi) is 6.15. The van der Waals surface area contributed by atoms with E-state index in [0.717, 1.165) is 33.4 Å². The number of hydrogen-bond acceptors (Lipinski definition) is 8. The summed E-state index contributed by atoms with van der Waals surface area (Å²) < 4.78 is 18.5. The molecule has 3 aromatic heterocycles. The maximum absolute atomic E-state index is 6.27. The molecule has 6 aromatic rings. The van der Waals surface area contributed by atoms with Crippen LogP contribution in [0, 0.1) is 0 Å². The van der Waals surface area contributed by atoms with Gasteiger partial charge in [-0.2, -0.15) is 0 Å². The van der Waals surface area contributed by atoms with Crippen molar-refractivity contribution in [2.75, 3.05) is 14.2 Å². The van der Waals surface area contributed by atoms with Gasteiger partial charge in [-0.05, 0) is 23.8 Å². The van der Waals surface area contributed by atoms with Crippen LogP contribution < -0.4 is 9.47 Å². The van der Waals surface area contributed by atoms with E-state index in [1.54, 1.807) is 37.3 Å². The number of ether oxygens (including phenoxy) is 2. The molecule has 0 aliphatic rings. The summed E-state index contributed by atoms with van der Waals surface area (Å²) in [5, 5.41) is 9.39. The zero-order valence-electron chi connectivity index (χ0n) is 20.7. The quantitative estimate of drug-likeness (QED) is 0.191. The third kappa shape index (κ3) is 4.30. The first kappa shape index (κ1) is 23.2. The lowest BCUT2D eigenvalue weighted by molar-refractivity contribution is 0.126. The maximum atomic E-state index is 6.27. The van der Waals surface area contributed by atoms with Crippen LogP contribution in [0.1, 0.15) is 11.4 Å². The highest BCUT2D eigenvalue weighted by Gasteiger charge is 2.22. The third-order valence-corrected chi connectivity index (χ3v) is 6.05. The van der Waals surface area contributed by atoms with E-state index in [9.17, 15) is 0 Å². The Morgan fingerprint density at radius 2 is 1.63 bits per heavy atom. The number of oxime groups is 1. The van der Waals surface area contributed by atoms with Gasteiger partial charge in [-0.3, -0.25) is 0 Å². The molecule has 0 unspecified atom stereocenters. The van der Waals surface area contributed by atoms with Crippen molar-refractivity contribution in [3.63, 3.8) is 0 Å². The van der Waals surface area contributed by atoms with Crippen LogP contribution in [-0.2, 0) is 11.4 Å². The van der Waals surface area contributed by atoms with Gasteiger partial charge in [0.2, 0.25) is 5.71 Å². The zero-order valence-corrected chi connectivity index (χ0v) is 20.7. The van der Waals surface area contributed by atoms with Crippen LogP contribution in [0.4, 0.5) is 0 Å². The predicted molar refractivity (Wildman–Crippen MR) is 143 cm³/mol. The second-order valence-electron chi connectivity index (χ2n) is 8.38. The molecular weight excluding hydrogens is 482 g/mol. The molecule has 0 fully saturated rings. The molecule has 0 aliphatic heterocycles. The van der Waals surface area contributed by atoms with Gasteiger partial charge in [-0.1, -0.05) is 65.8 Å². The maximum Gasteiger partial charge on any atom is 0.232 e. The lowest BCUT2D eigenvalue weighted by Gasteiger charge is -2.07. The first-order chi connectivity index (χ1) is 18.7. The molecule has 9 nitrogen and oxygen atoms in total. The molecule has 0 aliphatic carbocycles. The average Bonchev–Trinajstić information content (AvgIpc) is 3.57. The zero-order chi connectivity index (χ0) is 25.9. The minimum Gasteiger partial charge on any atom is -0.493 e. The Morgan fingerprint density at radius 1 is 0.895 bits per heavy atom. The number of aromatic nitrogens is 4. The second-order valence-corrected chi connectivity index (χ2v) is 8.38. The number of furan rings is 1. The van der Waals surface area contributed by atoms with Gasteiger partial charge in [-0.25, -0.2) is 14.5 Å². The van der Waals surface area contributed by atoms with Crippen molar-refractivity contribution in [2.45, 2.75) is 6.61 Å². The summed E-state index contributed by atoms with van der Waals surface area (Å²) in [6, 6.07) is 25.5. The highest BCUT2D eigenvalue weighted by Crippen LogP contribution is 2.41. The van der Waals surface area contributed by atoms with Crippen LogP contribution in [0.3, 0.4) is 0 Å². The van der Waals surface area contributed by atoms with E-state index in [1.807, 2.05) is 72.8 Å². The summed E-state index contributed by atoms with van der Waals surface area (Å²) in [5.41, 5.74) is 4.78. The molecule has 0 bridgehead atoms. The fraction of sp³-hybridized carbons (Fsp3) is 0.103. The van der Waals surface area contributed by atoms with E-state index < -0.39 is 0 Å². The van der Waals surface area contributed by atoms with Crippen molar-refractivity contribution < 1.29 is 18.7 Å². The normalized spacial score (nSPS) is 11.4. The van der Waals surface area contributed by atoms with E-state index in [4.69, 9.17) is 23.7 Å². The van der Waals surface area contributed by atoms with Gasteiger partial charge in [0.1, 0.15) is 12.1 Å². The number of fused-ring (bicyclic) bond motifs is 3. The van der Waals surface area contributed by atoms with E-state index in [0.29, 0.717) is 28.7 Å². The molecule has 0 radical (unpaired) electrons. The standard InChI is InChI=1S/C29H23N5O4/c1-35-22-14-13-19(15-23(22)36-2)16-31-37-17-24-32-28-26-25(20-9-5-3-6-10-20)27(21-11-7-4-8-12-21)38-29(26)30-18-34(28)33-24/h3-16,18H,17H2,1-2H3/b31-16+. The van der Waals surface area contributed by atoms with Crippen molar-refractivity contribution in [1.82, 2.24) is 19.6 Å². The first-order valence-corrected chi connectivity index (χ1v) is 11.9. The fourth-order valence-electron chi connectivity index (χ4n) is 4.30. The molecule has 9 heteroatoms. The first-order valence-electron chi connectivity index (χ1n) is 11.9. The highest BCUT2D eigenvalue weighted by molar-refractivity contribution is 6.07. The van der Waals surface area contributed by atoms with Crippen LogP contribution in [0.2, 0.25) is 0 Å². The van der Waals surface area contributed by atoms with Crippen molar-refractivity contribution in [3.8, 4) is 33.9 Å². The smallest absolute Gasteiger partial charge is 0.232 e. The van der Waals surface area contributed by atoms with Gasteiger partial charge in [0, 0.05) is 16.7 Å². The van der Waals surface area contributed by atoms with Gasteiger partial charge in [-0.15, -0.1) is 5.10 Å². The van der Waals surface area contributed by atoms with E-state index >= 15 is 0 Å². The van der Waals surface area contributed by atoms with E-state index in [1.165, 1.54) is 0 Å². The van der Waals surface area contributed by atoms with Gasteiger partial charge in [0.25, 0.3) is 0 Å². The van der Waals surface area contributed by atoms with Gasteiger partial charge in [0.05, 0.1) is 25.8 Å². The molecule has 6 rings (SSSR count). The molecule has 188 valence electrons. The molecule has 3 aromatic carbocycles. The molecule has 38 heavy (non-hydrogen) atoms. The number of methoxy groups -OCH3 is 2. The molecule has 0 spiro atoms. The number of nitrogens with zero attached hydrogens (tertiary/aromatic N) is 5. The Hall–Kier alpha value is -5.18. The minimum absolute atomic E-state index is 0.0804. The van der Waals surface area contributed by atoms with Gasteiger partial charge >= 0.3 is 0 Å². The predicted octanol–water partition coefficient (Wildman–Crippen LogP) is 5.77. The molecule has 0 N–H and O–H groups in total. The Balaban J connectivity index is 1.34. The topological polar surface area (TPSA) is 96.3 Å². The van der Waals surface area contributed by atoms with Crippen molar-refractivity contribution in [1.29, 1.82) is 0 Å². The number of rotatable bonds is 8. The van der Waals surface area contributed by atoms with Crippen LogP contribution in [0.5, 0.6) is 11.5 Å². The van der Waals surface area contributed by atoms with E-state index in [-0.39, 0.29) is 6.61 Å². The van der Waals surface area contributed by atoms with Crippen LogP contribution >= 0.6 is 0 Å². The van der Waals surface area contributed by atoms with Gasteiger partial charge in [0.15, 0.2) is 29.6 Å². The summed E-state index contributed by atoms with van der Waals surface area (Å²) in [7, 11) is 3.18. The summed E-state index contributed by atoms with van der Waals surface area (Å²) in [4.78, 5) is 14.8. The summed E-state index contributed by atoms with van der Waals surface area (Å²) in [5.74, 6) is 2.45. The fourth-order valence-corrected chi connectivity index (χ4v) is 4.30. The Morgan fingerprint density at radius 3 is 2.37 bits per heavy atom. The molecule has 3 heterocycles. The monoisotopic (exact) mass is 505 g/mol. The van der Waals surface area contributed by atoms with Crippen LogP contribution in [-0.4, -0.2) is 40.0 Å². The molecule has 0 saturated heterocycles. The van der Waals surface area contributed by atoms with Crippen molar-refractivity contribution >= 4 is 23.0 Å². The Bertz CT molecular complexity index is 1740. The molecule has 0 atom stereocenters. The summed E-state index contributed by atoms with van der Waals surface area (Å²) >= 11 is 0. The molecule has 0 amide bonds. The largest absolute Gasteiger partial charge is 0.493 e. The summed E-state index contributed by atoms with van der Waals surface area (Å²) in [6.07, 6.45) is 3.18. The van der Waals surface area contributed by atoms with Crippen LogP contribution in [0.25, 0.3) is 39.2 Å². The van der Waals surface area contributed by atoms with Crippen molar-refractivity contribution in [3.05, 3.63) is 96.6 Å². The number of benzene rings is 3. The van der Waals surface area contributed by atoms with Gasteiger partial charge < -0.3 is 18.7 Å². The minimum atomic E-state index is 0.0804. The SMILES string of the molecule is COc1ccc(/C=N/OCc2nc3c4c(-c5ccccc5)c(-c5ccccc5)oc4ncn3n2)cc1OC. The Labute approximate surface area is 217 Å². The van der Waals surface area contributed by atoms with Crippen LogP contribution in [0.15, 0.2) is 94.8 Å². The highest BCUT2D eigenvalue weighted by atomic mass is 16.6. The molecule has 0 saturated carbocycles. The molecular formula is C29H23N5O4. The third-order valence-electron chi connectivity index (χ3n) is 6.05. The van der Waals surface area contributed by atoms with E-state index in [2.05, 4.69) is 15.2 Å². The summed E-state index contributed by atoms with van der Waals surface area (Å²) in [6.45, 7) is 0.0804. The number of hydrogen-bond donors (Lipinski definition) is 0. The second kappa shape index (κ2) is 10.1. The lowest BCUT2D eigenvalue weighted by atomic mass is 9.99. The van der Waals surface area contributed by atoms with Crippen molar-refractivity contribution in [2.24, 2.45) is 5.16 Å².